The molecule has 108 valence electrons. The van der Waals surface area contributed by atoms with E-state index in [0.717, 1.165) is 22.3 Å². The van der Waals surface area contributed by atoms with Crippen LogP contribution >= 0.6 is 11.8 Å². The van der Waals surface area contributed by atoms with Crippen LogP contribution in [0.2, 0.25) is 0 Å². The molecule has 0 saturated carbocycles. The molecule has 0 aromatic carbocycles. The van der Waals surface area contributed by atoms with Gasteiger partial charge < -0.3 is 5.11 Å². The smallest absolute Gasteiger partial charge is 0.435 e. The van der Waals surface area contributed by atoms with Gasteiger partial charge in [0, 0.05) is 18.1 Å². The van der Waals surface area contributed by atoms with Crippen molar-refractivity contribution in [3.63, 3.8) is 0 Å². The van der Waals surface area contributed by atoms with Crippen LogP contribution in [0.15, 0.2) is 23.5 Å². The molecule has 0 fully saturated rings. The molecule has 0 aliphatic rings. The number of carboxylic acids is 1. The van der Waals surface area contributed by atoms with Crippen molar-refractivity contribution in [1.29, 1.82) is 0 Å². The maximum absolute atomic E-state index is 12.6. The van der Waals surface area contributed by atoms with Gasteiger partial charge in [0.25, 0.3) is 0 Å². The quantitative estimate of drug-likeness (QED) is 0.879. The Morgan fingerprint density at radius 1 is 1.55 bits per heavy atom. The molecular formula is C11H10F3N3O2S. The van der Waals surface area contributed by atoms with Crippen molar-refractivity contribution < 1.29 is 23.1 Å². The highest BCUT2D eigenvalue weighted by Gasteiger charge is 2.34. The number of aromatic nitrogens is 3. The maximum atomic E-state index is 12.6. The molecule has 2 heterocycles. The minimum absolute atomic E-state index is 0.211. The number of thioether (sulfide) groups is 1. The van der Waals surface area contributed by atoms with Gasteiger partial charge in [-0.2, -0.15) is 18.3 Å². The van der Waals surface area contributed by atoms with Crippen LogP contribution in [-0.4, -0.2) is 31.4 Å². The second-order valence-corrected chi connectivity index (χ2v) is 5.15. The van der Waals surface area contributed by atoms with Gasteiger partial charge in [-0.1, -0.05) is 6.92 Å². The standard InChI is InChI=1S/C11H10F3N3O2S/c1-6(10(18)19)5-20-9-7-4-8(11(12,13)14)16-17(7)3-2-15-9/h2-4,6H,5H2,1H3,(H,18,19). The van der Waals surface area contributed by atoms with Crippen molar-refractivity contribution in [2.24, 2.45) is 5.92 Å². The predicted octanol–water partition coefficient (Wildman–Crippen LogP) is 2.56. The third-order valence-corrected chi connectivity index (χ3v) is 3.79. The van der Waals surface area contributed by atoms with Crippen LogP contribution in [0.5, 0.6) is 0 Å². The minimum atomic E-state index is -4.53. The van der Waals surface area contributed by atoms with Crippen molar-refractivity contribution >= 4 is 23.2 Å². The Morgan fingerprint density at radius 2 is 2.25 bits per heavy atom. The first-order valence-electron chi connectivity index (χ1n) is 5.56. The molecule has 20 heavy (non-hydrogen) atoms. The summed E-state index contributed by atoms with van der Waals surface area (Å²) in [5, 5.41) is 12.5. The topological polar surface area (TPSA) is 67.5 Å². The number of fused-ring (bicyclic) bond motifs is 1. The number of hydrogen-bond donors (Lipinski definition) is 1. The lowest BCUT2D eigenvalue weighted by Gasteiger charge is -2.05. The van der Waals surface area contributed by atoms with Gasteiger partial charge in [-0.15, -0.1) is 11.8 Å². The number of rotatable bonds is 4. The van der Waals surface area contributed by atoms with Gasteiger partial charge in [0.15, 0.2) is 5.69 Å². The molecule has 0 aliphatic carbocycles. The van der Waals surface area contributed by atoms with Crippen LogP contribution in [0.3, 0.4) is 0 Å². The molecule has 0 radical (unpaired) electrons. The van der Waals surface area contributed by atoms with Gasteiger partial charge in [-0.05, 0) is 6.07 Å². The highest BCUT2D eigenvalue weighted by Crippen LogP contribution is 2.31. The number of aliphatic carboxylic acids is 1. The zero-order chi connectivity index (χ0) is 14.9. The number of carboxylic acid groups (broad SMARTS) is 1. The van der Waals surface area contributed by atoms with Gasteiger partial charge >= 0.3 is 12.1 Å². The fourth-order valence-electron chi connectivity index (χ4n) is 1.42. The Hall–Kier alpha value is -1.77. The van der Waals surface area contributed by atoms with Crippen LogP contribution < -0.4 is 0 Å². The second-order valence-electron chi connectivity index (χ2n) is 4.14. The summed E-state index contributed by atoms with van der Waals surface area (Å²) in [5.41, 5.74) is -0.791. The lowest BCUT2D eigenvalue weighted by atomic mass is 10.2. The van der Waals surface area contributed by atoms with Crippen molar-refractivity contribution in [1.82, 2.24) is 14.6 Å². The van der Waals surface area contributed by atoms with E-state index in [0.29, 0.717) is 5.03 Å². The van der Waals surface area contributed by atoms with E-state index in [9.17, 15) is 18.0 Å². The molecule has 0 aliphatic heterocycles. The summed E-state index contributed by atoms with van der Waals surface area (Å²) >= 11 is 1.09. The number of alkyl halides is 3. The van der Waals surface area contributed by atoms with Crippen LogP contribution in [0.4, 0.5) is 13.2 Å². The van der Waals surface area contributed by atoms with Crippen LogP contribution in [0.25, 0.3) is 5.52 Å². The maximum Gasteiger partial charge on any atom is 0.435 e. The molecule has 1 N–H and O–H groups in total. The molecule has 1 atom stereocenters. The van der Waals surface area contributed by atoms with E-state index in [1.165, 1.54) is 19.3 Å². The fraction of sp³-hybridized carbons (Fsp3) is 0.364. The number of hydrogen-bond acceptors (Lipinski definition) is 4. The van der Waals surface area contributed by atoms with Crippen LogP contribution in [0.1, 0.15) is 12.6 Å². The molecule has 0 amide bonds. The number of nitrogens with zero attached hydrogens (tertiary/aromatic N) is 3. The van der Waals surface area contributed by atoms with E-state index in [1.807, 2.05) is 0 Å². The number of halogens is 3. The van der Waals surface area contributed by atoms with E-state index < -0.39 is 23.8 Å². The Balaban J connectivity index is 2.30. The average Bonchev–Trinajstić information content (AvgIpc) is 2.79. The summed E-state index contributed by atoms with van der Waals surface area (Å²) in [7, 11) is 0. The van der Waals surface area contributed by atoms with E-state index in [-0.39, 0.29) is 11.3 Å². The van der Waals surface area contributed by atoms with E-state index in [4.69, 9.17) is 5.11 Å². The van der Waals surface area contributed by atoms with Crippen LogP contribution in [0, 0.1) is 5.92 Å². The molecule has 5 nitrogen and oxygen atoms in total. The van der Waals surface area contributed by atoms with Gasteiger partial charge in [0.1, 0.15) is 5.03 Å². The minimum Gasteiger partial charge on any atom is -0.481 e. The molecular weight excluding hydrogens is 295 g/mol. The highest BCUT2D eigenvalue weighted by molar-refractivity contribution is 7.99. The second kappa shape index (κ2) is 5.31. The van der Waals surface area contributed by atoms with E-state index in [2.05, 4.69) is 10.1 Å². The third-order valence-electron chi connectivity index (χ3n) is 2.54. The Morgan fingerprint density at radius 3 is 2.85 bits per heavy atom. The van der Waals surface area contributed by atoms with Gasteiger partial charge in [-0.25, -0.2) is 9.50 Å². The molecule has 0 spiro atoms. The van der Waals surface area contributed by atoms with E-state index >= 15 is 0 Å². The largest absolute Gasteiger partial charge is 0.481 e. The number of carbonyl (C=O) groups is 1. The van der Waals surface area contributed by atoms with Crippen LogP contribution in [-0.2, 0) is 11.0 Å². The third kappa shape index (κ3) is 3.03. The zero-order valence-corrected chi connectivity index (χ0v) is 11.1. The van der Waals surface area contributed by atoms with E-state index in [1.54, 1.807) is 0 Å². The zero-order valence-electron chi connectivity index (χ0n) is 10.3. The summed E-state index contributed by atoms with van der Waals surface area (Å²) < 4.78 is 38.9. The summed E-state index contributed by atoms with van der Waals surface area (Å²) in [5.74, 6) is -1.37. The molecule has 2 aromatic heterocycles. The Kier molecular flexibility index (Phi) is 3.89. The molecule has 9 heteroatoms. The van der Waals surface area contributed by atoms with Gasteiger partial charge in [0.05, 0.1) is 11.4 Å². The van der Waals surface area contributed by atoms with Crippen molar-refractivity contribution in [2.45, 2.75) is 18.1 Å². The molecule has 2 rings (SSSR count). The van der Waals surface area contributed by atoms with Crippen molar-refractivity contribution in [3.05, 3.63) is 24.2 Å². The summed E-state index contributed by atoms with van der Waals surface area (Å²) in [6.07, 6.45) is -1.88. The monoisotopic (exact) mass is 305 g/mol. The predicted molar refractivity (Wildman–Crippen MR) is 65.5 cm³/mol. The summed E-state index contributed by atoms with van der Waals surface area (Å²) in [6, 6.07) is 0.904. The first kappa shape index (κ1) is 14.6. The van der Waals surface area contributed by atoms with Gasteiger partial charge in [0.2, 0.25) is 0 Å². The normalized spacial score (nSPS) is 13.6. The molecule has 1 unspecified atom stereocenters. The first-order valence-corrected chi connectivity index (χ1v) is 6.55. The highest BCUT2D eigenvalue weighted by atomic mass is 32.2. The average molecular weight is 305 g/mol. The molecule has 0 bridgehead atoms. The van der Waals surface area contributed by atoms with Gasteiger partial charge in [-0.3, -0.25) is 4.79 Å². The SMILES string of the molecule is CC(CSc1nccn2nc(C(F)(F)F)cc12)C(=O)O. The first-order chi connectivity index (χ1) is 9.29. The Labute approximate surface area is 115 Å². The summed E-state index contributed by atoms with van der Waals surface area (Å²) in [6.45, 7) is 1.52. The summed E-state index contributed by atoms with van der Waals surface area (Å²) in [4.78, 5) is 14.7. The fourth-order valence-corrected chi connectivity index (χ4v) is 2.41. The Bertz CT molecular complexity index is 641. The molecule has 0 saturated heterocycles. The molecule has 2 aromatic rings. The van der Waals surface area contributed by atoms with Crippen molar-refractivity contribution in [2.75, 3.05) is 5.75 Å². The lowest BCUT2D eigenvalue weighted by Crippen LogP contribution is -2.11. The van der Waals surface area contributed by atoms with Crippen molar-refractivity contribution in [3.8, 4) is 0 Å². The lowest BCUT2D eigenvalue weighted by molar-refractivity contribution is -0.141.